The Kier molecular flexibility index (Phi) is 14.4. The largest absolute Gasteiger partial charge is 0.384 e. The van der Waals surface area contributed by atoms with Gasteiger partial charge in [-0.2, -0.15) is 11.8 Å². The molecule has 1 aliphatic carbocycles. The number of ketones is 2. The number of benzene rings is 2. The zero-order chi connectivity index (χ0) is 37.9. The van der Waals surface area contributed by atoms with E-state index in [0.717, 1.165) is 0 Å². The Balaban J connectivity index is 1.28. The van der Waals surface area contributed by atoms with Gasteiger partial charge in [0.15, 0.2) is 11.6 Å². The molecule has 1 saturated heterocycles. The Morgan fingerprint density at radius 2 is 1.56 bits per heavy atom. The second-order valence-electron chi connectivity index (χ2n) is 13.5. The number of carbonyl (C=O) groups excluding carboxylic acids is 7. The molecule has 15 heteroatoms. The van der Waals surface area contributed by atoms with Gasteiger partial charge in [0, 0.05) is 47.8 Å². The summed E-state index contributed by atoms with van der Waals surface area (Å²) in [5.41, 5.74) is 7.61. The highest BCUT2D eigenvalue weighted by molar-refractivity contribution is 7.98. The molecule has 1 heterocycles. The van der Waals surface area contributed by atoms with Gasteiger partial charge in [-0.1, -0.05) is 50.2 Å². The Bertz CT molecular complexity index is 1680. The number of anilines is 1. The molecular formula is C37H49N7O7S. The molecule has 0 bridgehead atoms. The molecule has 14 nitrogen and oxygen atoms in total. The molecule has 4 rings (SSSR count). The molecule has 1 aliphatic heterocycles. The first-order valence-electron chi connectivity index (χ1n) is 17.6. The van der Waals surface area contributed by atoms with Crippen LogP contribution in [0.15, 0.2) is 42.5 Å². The molecule has 280 valence electrons. The third-order valence-corrected chi connectivity index (χ3v) is 9.57. The second-order valence-corrected chi connectivity index (χ2v) is 14.4. The maximum atomic E-state index is 13.7. The van der Waals surface area contributed by atoms with E-state index in [-0.39, 0.29) is 35.1 Å². The highest BCUT2D eigenvalue weighted by Gasteiger charge is 2.38. The summed E-state index contributed by atoms with van der Waals surface area (Å²) in [6.07, 6.45) is 3.73. The van der Waals surface area contributed by atoms with Gasteiger partial charge in [-0.3, -0.25) is 33.6 Å². The average molecular weight is 736 g/mol. The first-order chi connectivity index (χ1) is 24.8. The molecule has 4 atom stereocenters. The zero-order valence-corrected chi connectivity index (χ0v) is 30.9. The van der Waals surface area contributed by atoms with Crippen molar-refractivity contribution in [3.05, 3.63) is 64.7 Å². The van der Waals surface area contributed by atoms with E-state index in [0.29, 0.717) is 73.3 Å². The Hall–Kier alpha value is -4.76. The molecule has 2 aliphatic rings. The third kappa shape index (κ3) is 9.97. The van der Waals surface area contributed by atoms with Gasteiger partial charge in [-0.25, -0.2) is 0 Å². The first kappa shape index (κ1) is 40.0. The van der Waals surface area contributed by atoms with Crippen molar-refractivity contribution in [2.24, 2.45) is 11.7 Å². The van der Waals surface area contributed by atoms with Crippen LogP contribution in [0.3, 0.4) is 0 Å². The SMILES string of the molecule is CSC[C@H](NC(=O)[C@H](C)N)C(=O)NCC(=O)N[C@@H](CC(C)C)C(=O)N1CCC[C@H]1C(=O)NCCCNc1cccc2c1C(=O)c1ccccc1C2=O. The minimum absolute atomic E-state index is 0.0454. The number of carbonyl (C=O) groups is 7. The minimum Gasteiger partial charge on any atom is -0.384 e. The maximum absolute atomic E-state index is 13.7. The van der Waals surface area contributed by atoms with Gasteiger partial charge >= 0.3 is 0 Å². The molecule has 5 amide bonds. The topological polar surface area (TPSA) is 209 Å². The minimum atomic E-state index is -0.903. The number of nitrogens with two attached hydrogens (primary N) is 1. The fraction of sp³-hybridized carbons (Fsp3) is 0.486. The number of nitrogens with one attached hydrogen (secondary N) is 5. The number of hydrogen-bond acceptors (Lipinski definition) is 10. The Labute approximate surface area is 308 Å². The van der Waals surface area contributed by atoms with E-state index >= 15 is 0 Å². The number of rotatable bonds is 17. The number of amides is 5. The smallest absolute Gasteiger partial charge is 0.245 e. The maximum Gasteiger partial charge on any atom is 0.245 e. The average Bonchev–Trinajstić information content (AvgIpc) is 3.62. The van der Waals surface area contributed by atoms with Crippen molar-refractivity contribution < 1.29 is 33.6 Å². The number of thioether (sulfide) groups is 1. The van der Waals surface area contributed by atoms with Crippen molar-refractivity contribution in [3.8, 4) is 0 Å². The number of hydrogen-bond donors (Lipinski definition) is 6. The Morgan fingerprint density at radius 3 is 2.23 bits per heavy atom. The van der Waals surface area contributed by atoms with Crippen LogP contribution < -0.4 is 32.3 Å². The highest BCUT2D eigenvalue weighted by Crippen LogP contribution is 2.32. The van der Waals surface area contributed by atoms with Gasteiger partial charge in [0.05, 0.1) is 18.2 Å². The van der Waals surface area contributed by atoms with Gasteiger partial charge < -0.3 is 37.2 Å². The van der Waals surface area contributed by atoms with E-state index in [4.69, 9.17) is 5.73 Å². The van der Waals surface area contributed by atoms with Crippen molar-refractivity contribution in [2.45, 2.75) is 70.6 Å². The van der Waals surface area contributed by atoms with Crippen LogP contribution in [0.25, 0.3) is 0 Å². The second kappa shape index (κ2) is 18.6. The molecule has 7 N–H and O–H groups in total. The summed E-state index contributed by atoms with van der Waals surface area (Å²) in [4.78, 5) is 92.5. The number of likely N-dealkylation sites (tertiary alicyclic amines) is 1. The summed E-state index contributed by atoms with van der Waals surface area (Å²) < 4.78 is 0. The number of fused-ring (bicyclic) bond motifs is 2. The van der Waals surface area contributed by atoms with Crippen molar-refractivity contribution in [1.29, 1.82) is 0 Å². The predicted molar refractivity (Wildman–Crippen MR) is 199 cm³/mol. The molecular weight excluding hydrogens is 687 g/mol. The van der Waals surface area contributed by atoms with Crippen LogP contribution in [0.1, 0.15) is 78.3 Å². The van der Waals surface area contributed by atoms with Crippen molar-refractivity contribution in [1.82, 2.24) is 26.2 Å². The summed E-state index contributed by atoms with van der Waals surface area (Å²) in [6.45, 7) is 6.03. The molecule has 0 radical (unpaired) electrons. The zero-order valence-electron chi connectivity index (χ0n) is 30.1. The van der Waals surface area contributed by atoms with Crippen LogP contribution in [0.5, 0.6) is 0 Å². The van der Waals surface area contributed by atoms with E-state index in [1.807, 2.05) is 13.8 Å². The van der Waals surface area contributed by atoms with E-state index in [2.05, 4.69) is 26.6 Å². The molecule has 0 unspecified atom stereocenters. The van der Waals surface area contributed by atoms with E-state index in [9.17, 15) is 33.6 Å². The van der Waals surface area contributed by atoms with Gasteiger partial charge in [0.1, 0.15) is 18.1 Å². The quantitative estimate of drug-likeness (QED) is 0.109. The summed E-state index contributed by atoms with van der Waals surface area (Å²) in [5.74, 6) is -2.36. The first-order valence-corrected chi connectivity index (χ1v) is 19.0. The lowest BCUT2D eigenvalue weighted by atomic mass is 9.83. The van der Waals surface area contributed by atoms with Crippen molar-refractivity contribution in [2.75, 3.05) is 43.5 Å². The fourth-order valence-electron chi connectivity index (χ4n) is 6.32. The molecule has 1 fully saturated rings. The molecule has 2 aromatic carbocycles. The monoisotopic (exact) mass is 735 g/mol. The molecule has 52 heavy (non-hydrogen) atoms. The van der Waals surface area contributed by atoms with Gasteiger partial charge in [-0.15, -0.1) is 0 Å². The van der Waals surface area contributed by atoms with Crippen LogP contribution in [-0.4, -0.2) is 108 Å². The van der Waals surface area contributed by atoms with Gasteiger partial charge in [0.2, 0.25) is 29.5 Å². The summed E-state index contributed by atoms with van der Waals surface area (Å²) in [5, 5.41) is 14.0. The van der Waals surface area contributed by atoms with Crippen LogP contribution >= 0.6 is 11.8 Å². The lowest BCUT2D eigenvalue weighted by Crippen LogP contribution is -2.56. The summed E-state index contributed by atoms with van der Waals surface area (Å²) >= 11 is 1.35. The standard InChI is InChI=1S/C37H49N7O7S/c1-21(2)18-27(42-30(45)19-41-35(49)28(20-52-4)43-34(48)22(3)38)37(51)44-17-8-14-29(44)36(50)40-16-9-15-39-26-13-7-12-25-31(26)33(47)24-11-6-5-10-23(24)32(25)46/h5-7,10-13,21-22,27-29,39H,8-9,14-20,38H2,1-4H3,(H,40,50)(H,41,49)(H,42,45)(H,43,48)/t22-,27-,28-,29-/m0/s1. The van der Waals surface area contributed by atoms with Gasteiger partial charge in [-0.05, 0) is 50.8 Å². The van der Waals surface area contributed by atoms with Crippen molar-refractivity contribution >= 4 is 58.6 Å². The van der Waals surface area contributed by atoms with Crippen molar-refractivity contribution in [3.63, 3.8) is 0 Å². The van der Waals surface area contributed by atoms with Crippen LogP contribution in [-0.2, 0) is 24.0 Å². The lowest BCUT2D eigenvalue weighted by Gasteiger charge is -2.29. The third-order valence-electron chi connectivity index (χ3n) is 8.90. The summed E-state index contributed by atoms with van der Waals surface area (Å²) in [6, 6.07) is 8.62. The van der Waals surface area contributed by atoms with Crippen LogP contribution in [0.2, 0.25) is 0 Å². The normalized spacial score (nSPS) is 16.7. The number of nitrogens with zero attached hydrogens (tertiary/aromatic N) is 1. The Morgan fingerprint density at radius 1 is 0.865 bits per heavy atom. The van der Waals surface area contributed by atoms with Crippen LogP contribution in [0.4, 0.5) is 5.69 Å². The molecule has 0 aromatic heterocycles. The van der Waals surface area contributed by atoms with E-state index < -0.39 is 48.4 Å². The fourth-order valence-corrected chi connectivity index (χ4v) is 6.89. The molecule has 2 aromatic rings. The molecule has 0 spiro atoms. The molecule has 0 saturated carbocycles. The summed E-state index contributed by atoms with van der Waals surface area (Å²) in [7, 11) is 0. The van der Waals surface area contributed by atoms with Crippen LogP contribution in [0, 0.1) is 5.92 Å². The van der Waals surface area contributed by atoms with E-state index in [1.165, 1.54) is 23.6 Å². The van der Waals surface area contributed by atoms with Gasteiger partial charge in [0.25, 0.3) is 0 Å². The predicted octanol–water partition coefficient (Wildman–Crippen LogP) is 1.21. The lowest BCUT2D eigenvalue weighted by molar-refractivity contribution is -0.141. The highest BCUT2D eigenvalue weighted by atomic mass is 32.2. The van der Waals surface area contributed by atoms with E-state index in [1.54, 1.807) is 48.7 Å².